The van der Waals surface area contributed by atoms with Crippen molar-refractivity contribution in [1.82, 2.24) is 9.71 Å². The van der Waals surface area contributed by atoms with Crippen LogP contribution in [0, 0.1) is 11.3 Å². The predicted octanol–water partition coefficient (Wildman–Crippen LogP) is 0.00248. The van der Waals surface area contributed by atoms with Crippen molar-refractivity contribution < 1.29 is 13.5 Å². The lowest BCUT2D eigenvalue weighted by Gasteiger charge is -2.14. The maximum absolute atomic E-state index is 11.9. The van der Waals surface area contributed by atoms with E-state index in [1.807, 2.05) is 0 Å². The molecule has 1 heterocycles. The number of hydrogen-bond acceptors (Lipinski definition) is 5. The first-order chi connectivity index (χ1) is 8.05. The smallest absolute Gasteiger partial charge is 0.243 e. The van der Waals surface area contributed by atoms with Gasteiger partial charge in [-0.25, -0.2) is 18.1 Å². The Morgan fingerprint density at radius 2 is 2.35 bits per heavy atom. The fourth-order valence-corrected chi connectivity index (χ4v) is 2.64. The molecule has 1 rings (SSSR count). The van der Waals surface area contributed by atoms with Gasteiger partial charge < -0.3 is 5.11 Å². The first-order valence-corrected chi connectivity index (χ1v) is 6.51. The molecule has 2 N–H and O–H groups in total. The van der Waals surface area contributed by atoms with Gasteiger partial charge in [0.15, 0.2) is 5.69 Å². The third-order valence-electron chi connectivity index (χ3n) is 2.20. The molecule has 0 aromatic carbocycles. The van der Waals surface area contributed by atoms with E-state index in [2.05, 4.69) is 9.71 Å². The number of nitriles is 1. The molecular weight excluding hydrogens is 242 g/mol. The van der Waals surface area contributed by atoms with Crippen LogP contribution in [0.15, 0.2) is 23.2 Å². The Hall–Kier alpha value is -1.49. The van der Waals surface area contributed by atoms with Crippen LogP contribution in [0.1, 0.15) is 19.0 Å². The van der Waals surface area contributed by atoms with E-state index in [0.29, 0.717) is 6.42 Å². The molecule has 6 nitrogen and oxygen atoms in total. The van der Waals surface area contributed by atoms with E-state index in [-0.39, 0.29) is 17.2 Å². The van der Waals surface area contributed by atoms with Crippen molar-refractivity contribution in [2.45, 2.75) is 24.3 Å². The summed E-state index contributed by atoms with van der Waals surface area (Å²) in [5.74, 6) is 0. The summed E-state index contributed by atoms with van der Waals surface area (Å²) in [5.41, 5.74) is -0.159. The molecule has 0 saturated heterocycles. The lowest BCUT2D eigenvalue weighted by Crippen LogP contribution is -2.37. The van der Waals surface area contributed by atoms with Gasteiger partial charge in [-0.15, -0.1) is 0 Å². The van der Waals surface area contributed by atoms with Crippen LogP contribution in [0.3, 0.4) is 0 Å². The summed E-state index contributed by atoms with van der Waals surface area (Å²) in [6.45, 7) is 1.45. The predicted molar refractivity (Wildman–Crippen MR) is 60.4 cm³/mol. The second-order valence-electron chi connectivity index (χ2n) is 3.37. The molecule has 0 fully saturated rings. The number of nitrogens with zero attached hydrogens (tertiary/aromatic N) is 2. The molecular formula is C10H13N3O3S. The molecule has 0 spiro atoms. The zero-order chi connectivity index (χ0) is 12.9. The molecule has 0 radical (unpaired) electrons. The summed E-state index contributed by atoms with van der Waals surface area (Å²) < 4.78 is 26.2. The van der Waals surface area contributed by atoms with Crippen molar-refractivity contribution in [2.75, 3.05) is 6.61 Å². The van der Waals surface area contributed by atoms with Crippen LogP contribution in [0.5, 0.6) is 0 Å². The number of hydrogen-bond donors (Lipinski definition) is 2. The Kier molecular flexibility index (Phi) is 4.57. The Bertz CT molecular complexity index is 518. The van der Waals surface area contributed by atoms with Gasteiger partial charge in [-0.2, -0.15) is 5.26 Å². The molecule has 1 aromatic rings. The van der Waals surface area contributed by atoms with Gasteiger partial charge in [0, 0.05) is 12.2 Å². The van der Waals surface area contributed by atoms with Crippen LogP contribution in [0.25, 0.3) is 0 Å². The Morgan fingerprint density at radius 3 is 2.88 bits per heavy atom. The minimum atomic E-state index is -3.82. The molecule has 1 atom stereocenters. The molecule has 0 aliphatic heterocycles. The number of sulfonamides is 1. The molecule has 0 bridgehead atoms. The van der Waals surface area contributed by atoms with E-state index >= 15 is 0 Å². The van der Waals surface area contributed by atoms with Crippen molar-refractivity contribution in [1.29, 1.82) is 5.26 Å². The quantitative estimate of drug-likeness (QED) is 0.771. The highest BCUT2D eigenvalue weighted by Crippen LogP contribution is 2.12. The topological polar surface area (TPSA) is 103 Å². The van der Waals surface area contributed by atoms with Gasteiger partial charge in [-0.3, -0.25) is 0 Å². The lowest BCUT2D eigenvalue weighted by atomic mass is 10.3. The number of nitrogens with one attached hydrogen (secondary N) is 1. The number of rotatable bonds is 5. The number of pyridine rings is 1. The second kappa shape index (κ2) is 5.72. The van der Waals surface area contributed by atoms with Crippen LogP contribution in [-0.4, -0.2) is 31.2 Å². The van der Waals surface area contributed by atoms with Crippen LogP contribution in [-0.2, 0) is 10.0 Å². The summed E-state index contributed by atoms with van der Waals surface area (Å²) >= 11 is 0. The number of aromatic nitrogens is 1. The molecule has 7 heteroatoms. The minimum Gasteiger partial charge on any atom is -0.395 e. The van der Waals surface area contributed by atoms with Gasteiger partial charge in [-0.1, -0.05) is 6.92 Å². The van der Waals surface area contributed by atoms with E-state index in [1.165, 1.54) is 18.3 Å². The van der Waals surface area contributed by atoms with Crippen molar-refractivity contribution >= 4 is 10.0 Å². The van der Waals surface area contributed by atoms with Crippen LogP contribution < -0.4 is 4.72 Å². The van der Waals surface area contributed by atoms with Crippen molar-refractivity contribution in [3.05, 3.63) is 24.0 Å². The first-order valence-electron chi connectivity index (χ1n) is 5.03. The molecule has 0 aliphatic rings. The largest absolute Gasteiger partial charge is 0.395 e. The molecule has 0 aliphatic carbocycles. The fourth-order valence-electron chi connectivity index (χ4n) is 1.22. The van der Waals surface area contributed by atoms with Gasteiger partial charge in [0.25, 0.3) is 0 Å². The van der Waals surface area contributed by atoms with Gasteiger partial charge >= 0.3 is 0 Å². The minimum absolute atomic E-state index is 0.159. The zero-order valence-electron chi connectivity index (χ0n) is 9.29. The molecule has 0 unspecified atom stereocenters. The van der Waals surface area contributed by atoms with Crippen molar-refractivity contribution in [3.63, 3.8) is 0 Å². The summed E-state index contributed by atoms with van der Waals surface area (Å²) in [5, 5.41) is 17.7. The lowest BCUT2D eigenvalue weighted by molar-refractivity contribution is 0.254. The maximum Gasteiger partial charge on any atom is 0.243 e. The van der Waals surface area contributed by atoms with E-state index in [1.54, 1.807) is 13.0 Å². The average molecular weight is 255 g/mol. The number of aliphatic hydroxyl groups excluding tert-OH is 1. The monoisotopic (exact) mass is 255 g/mol. The third kappa shape index (κ3) is 3.23. The Morgan fingerprint density at radius 1 is 1.65 bits per heavy atom. The highest BCUT2D eigenvalue weighted by atomic mass is 32.2. The zero-order valence-corrected chi connectivity index (χ0v) is 10.1. The van der Waals surface area contributed by atoms with Gasteiger partial charge in [0.1, 0.15) is 11.0 Å². The van der Waals surface area contributed by atoms with E-state index < -0.39 is 16.1 Å². The summed E-state index contributed by atoms with van der Waals surface area (Å²) in [6.07, 6.45) is 1.80. The highest BCUT2D eigenvalue weighted by molar-refractivity contribution is 7.89. The Balaban J connectivity index is 3.10. The van der Waals surface area contributed by atoms with Crippen molar-refractivity contribution in [2.24, 2.45) is 0 Å². The van der Waals surface area contributed by atoms with E-state index in [4.69, 9.17) is 10.4 Å². The van der Waals surface area contributed by atoms with Gasteiger partial charge in [-0.05, 0) is 18.6 Å². The summed E-state index contributed by atoms with van der Waals surface area (Å²) in [4.78, 5) is 3.51. The molecule has 17 heavy (non-hydrogen) atoms. The van der Waals surface area contributed by atoms with Crippen LogP contribution >= 0.6 is 0 Å². The van der Waals surface area contributed by atoms with E-state index in [9.17, 15) is 8.42 Å². The molecule has 1 aromatic heterocycles. The standard InChI is InChI=1S/C10H13N3O3S/c1-2-8(7-14)13-17(15,16)10-4-3-5-12-9(10)6-11/h3-5,8,13-14H,2,7H2,1H3/t8-/m0/s1. The SMILES string of the molecule is CC[C@@H](CO)NS(=O)(=O)c1cccnc1C#N. The van der Waals surface area contributed by atoms with Crippen molar-refractivity contribution in [3.8, 4) is 6.07 Å². The normalized spacial score (nSPS) is 13.0. The molecule has 0 amide bonds. The van der Waals surface area contributed by atoms with Gasteiger partial charge in [0.05, 0.1) is 6.61 Å². The molecule has 0 saturated carbocycles. The maximum atomic E-state index is 11.9. The second-order valence-corrected chi connectivity index (χ2v) is 5.05. The van der Waals surface area contributed by atoms with E-state index in [0.717, 1.165) is 0 Å². The fraction of sp³-hybridized carbons (Fsp3) is 0.400. The van der Waals surface area contributed by atoms with Crippen LogP contribution in [0.4, 0.5) is 0 Å². The Labute approximate surface area is 100.0 Å². The highest BCUT2D eigenvalue weighted by Gasteiger charge is 2.22. The summed E-state index contributed by atoms with van der Waals surface area (Å²) in [7, 11) is -3.82. The van der Waals surface area contributed by atoms with Gasteiger partial charge in [0.2, 0.25) is 10.0 Å². The third-order valence-corrected chi connectivity index (χ3v) is 3.75. The molecule has 92 valence electrons. The van der Waals surface area contributed by atoms with Crippen LogP contribution in [0.2, 0.25) is 0 Å². The average Bonchev–Trinajstić information content (AvgIpc) is 2.35. The summed E-state index contributed by atoms with van der Waals surface area (Å²) in [6, 6.07) is 3.90. The first kappa shape index (κ1) is 13.6. The number of aliphatic hydroxyl groups is 1.